The molecule has 0 aliphatic heterocycles. The molecule has 0 amide bonds. The molecule has 1 N–H and O–H groups in total. The highest BCUT2D eigenvalue weighted by molar-refractivity contribution is 9.10. The molecule has 1 aromatic carbocycles. The fraction of sp³-hybridized carbons (Fsp3) is 0.250. The lowest BCUT2D eigenvalue weighted by atomic mass is 10.1. The molecule has 1 heterocycles. The smallest absolute Gasteiger partial charge is 0.342 e. The average molecular weight is 403 g/mol. The van der Waals surface area contributed by atoms with E-state index in [0.717, 1.165) is 5.56 Å². The minimum atomic E-state index is -1.46. The number of nitrogens with zero attached hydrogens (tertiary/aromatic N) is 1. The average Bonchev–Trinajstić information content (AvgIpc) is 2.46. The summed E-state index contributed by atoms with van der Waals surface area (Å²) in [6.45, 7) is 5.68. The normalized spacial score (nSPS) is 10.9. The van der Waals surface area contributed by atoms with E-state index < -0.39 is 17.3 Å². The minimum absolute atomic E-state index is 0.0544. The molecule has 0 aliphatic carbocycles. The summed E-state index contributed by atoms with van der Waals surface area (Å²) in [6.07, 6.45) is 1.65. The number of aromatic nitrogens is 1. The van der Waals surface area contributed by atoms with E-state index in [1.54, 1.807) is 12.3 Å². The van der Waals surface area contributed by atoms with Crippen LogP contribution in [0.25, 0.3) is 0 Å². The Kier molecular flexibility index (Phi) is 5.26. The Morgan fingerprint density at radius 3 is 2.70 bits per heavy atom. The van der Waals surface area contributed by atoms with Gasteiger partial charge in [0.1, 0.15) is 11.3 Å². The first kappa shape index (κ1) is 17.7. The van der Waals surface area contributed by atoms with E-state index in [1.807, 2.05) is 20.8 Å². The van der Waals surface area contributed by atoms with Crippen molar-refractivity contribution in [2.24, 2.45) is 0 Å². The van der Waals surface area contributed by atoms with E-state index in [-0.39, 0.29) is 21.2 Å². The molecule has 4 nitrogen and oxygen atoms in total. The van der Waals surface area contributed by atoms with Crippen molar-refractivity contribution in [3.05, 3.63) is 50.5 Å². The van der Waals surface area contributed by atoms with E-state index in [2.05, 4.69) is 20.9 Å². The number of aryl methyl sites for hydroxylation is 1. The number of carboxylic acid groups (broad SMARTS) is 1. The Balaban J connectivity index is 2.64. The molecular formula is C16H14BrClFNO3. The molecule has 0 fully saturated rings. The number of hydrogen-bond acceptors (Lipinski definition) is 3. The van der Waals surface area contributed by atoms with Crippen molar-refractivity contribution in [3.8, 4) is 11.5 Å². The number of halogens is 3. The van der Waals surface area contributed by atoms with Gasteiger partial charge in [-0.15, -0.1) is 0 Å². The largest absolute Gasteiger partial charge is 0.477 e. The number of carboxylic acids is 1. The summed E-state index contributed by atoms with van der Waals surface area (Å²) in [5, 5.41) is 8.97. The topological polar surface area (TPSA) is 59.4 Å². The van der Waals surface area contributed by atoms with Crippen molar-refractivity contribution < 1.29 is 19.0 Å². The summed E-state index contributed by atoms with van der Waals surface area (Å²) in [7, 11) is 0. The summed E-state index contributed by atoms with van der Waals surface area (Å²) >= 11 is 8.86. The van der Waals surface area contributed by atoms with Gasteiger partial charge in [0.15, 0.2) is 11.6 Å². The van der Waals surface area contributed by atoms with E-state index in [0.29, 0.717) is 11.4 Å². The van der Waals surface area contributed by atoms with Crippen LogP contribution in [0.4, 0.5) is 4.39 Å². The van der Waals surface area contributed by atoms with E-state index >= 15 is 0 Å². The van der Waals surface area contributed by atoms with Crippen LogP contribution in [0.2, 0.25) is 5.02 Å². The van der Waals surface area contributed by atoms with Crippen LogP contribution in [-0.4, -0.2) is 16.1 Å². The van der Waals surface area contributed by atoms with Crippen LogP contribution in [-0.2, 0) is 0 Å². The summed E-state index contributed by atoms with van der Waals surface area (Å²) < 4.78 is 20.1. The third kappa shape index (κ3) is 3.48. The van der Waals surface area contributed by atoms with Crippen LogP contribution >= 0.6 is 27.5 Å². The highest BCUT2D eigenvalue weighted by Crippen LogP contribution is 2.39. The van der Waals surface area contributed by atoms with Gasteiger partial charge in [0.2, 0.25) is 0 Å². The van der Waals surface area contributed by atoms with Gasteiger partial charge < -0.3 is 9.84 Å². The number of ether oxygens (including phenoxy) is 1. The number of pyridine rings is 1. The first-order chi connectivity index (χ1) is 10.7. The zero-order valence-corrected chi connectivity index (χ0v) is 15.0. The van der Waals surface area contributed by atoms with Crippen molar-refractivity contribution >= 4 is 33.5 Å². The second kappa shape index (κ2) is 6.84. The lowest BCUT2D eigenvalue weighted by Crippen LogP contribution is -2.07. The quantitative estimate of drug-likeness (QED) is 0.680. The molecule has 2 rings (SSSR count). The van der Waals surface area contributed by atoms with Crippen LogP contribution in [0.3, 0.4) is 0 Å². The molecule has 7 heteroatoms. The van der Waals surface area contributed by atoms with Gasteiger partial charge in [-0.3, -0.25) is 4.98 Å². The molecule has 0 saturated heterocycles. The molecular weight excluding hydrogens is 389 g/mol. The maximum atomic E-state index is 14.2. The monoisotopic (exact) mass is 401 g/mol. The highest BCUT2D eigenvalue weighted by Gasteiger charge is 2.24. The third-order valence-corrected chi connectivity index (χ3v) is 4.45. The second-order valence-electron chi connectivity index (χ2n) is 5.26. The Hall–Kier alpha value is -1.66. The summed E-state index contributed by atoms with van der Waals surface area (Å²) in [6, 6.07) is 3.08. The zero-order valence-electron chi connectivity index (χ0n) is 12.7. The van der Waals surface area contributed by atoms with Gasteiger partial charge in [0.25, 0.3) is 0 Å². The van der Waals surface area contributed by atoms with Gasteiger partial charge in [0, 0.05) is 10.7 Å². The molecule has 0 unspecified atom stereocenters. The van der Waals surface area contributed by atoms with E-state index in [1.165, 1.54) is 6.07 Å². The molecule has 0 atom stereocenters. The molecule has 0 saturated carbocycles. The molecule has 0 spiro atoms. The fourth-order valence-electron chi connectivity index (χ4n) is 2.07. The molecule has 0 bridgehead atoms. The van der Waals surface area contributed by atoms with Gasteiger partial charge in [-0.05, 0) is 46.5 Å². The minimum Gasteiger partial charge on any atom is -0.477 e. The van der Waals surface area contributed by atoms with Crippen molar-refractivity contribution in [1.29, 1.82) is 0 Å². The zero-order chi connectivity index (χ0) is 17.3. The lowest BCUT2D eigenvalue weighted by molar-refractivity contribution is 0.0689. The van der Waals surface area contributed by atoms with Crippen molar-refractivity contribution in [1.82, 2.24) is 4.98 Å². The molecule has 0 aliphatic rings. The van der Waals surface area contributed by atoms with Gasteiger partial charge in [0.05, 0.1) is 10.7 Å². The predicted molar refractivity (Wildman–Crippen MR) is 89.2 cm³/mol. The van der Waals surface area contributed by atoms with Crippen molar-refractivity contribution in [2.45, 2.75) is 26.7 Å². The molecule has 122 valence electrons. The molecule has 23 heavy (non-hydrogen) atoms. The molecule has 2 aromatic rings. The van der Waals surface area contributed by atoms with Crippen LogP contribution in [0, 0.1) is 12.7 Å². The van der Waals surface area contributed by atoms with E-state index in [9.17, 15) is 14.3 Å². The van der Waals surface area contributed by atoms with Gasteiger partial charge in [-0.25, -0.2) is 9.18 Å². The highest BCUT2D eigenvalue weighted by atomic mass is 79.9. The number of carbonyl (C=O) groups is 1. The standard InChI is InChI=1S/C16H14BrClFNO3/c1-7(2)14-15(8(3)4-5-20-14)23-10-6-9(17)12(18)13(19)11(10)16(21)22/h4-7H,1-3H3,(H,21,22). The van der Waals surface area contributed by atoms with Gasteiger partial charge in [-0.1, -0.05) is 25.4 Å². The van der Waals surface area contributed by atoms with Crippen LogP contribution in [0.5, 0.6) is 11.5 Å². The third-order valence-electron chi connectivity index (χ3n) is 3.23. The maximum Gasteiger partial charge on any atom is 0.342 e. The van der Waals surface area contributed by atoms with Crippen molar-refractivity contribution in [2.75, 3.05) is 0 Å². The Morgan fingerprint density at radius 1 is 1.48 bits per heavy atom. The fourth-order valence-corrected chi connectivity index (χ4v) is 2.60. The maximum absolute atomic E-state index is 14.2. The van der Waals surface area contributed by atoms with Crippen LogP contribution in [0.1, 0.15) is 41.4 Å². The summed E-state index contributed by atoms with van der Waals surface area (Å²) in [5.41, 5.74) is 0.815. The first-order valence-electron chi connectivity index (χ1n) is 6.78. The number of hydrogen-bond donors (Lipinski definition) is 1. The van der Waals surface area contributed by atoms with Crippen LogP contribution < -0.4 is 4.74 Å². The van der Waals surface area contributed by atoms with Crippen LogP contribution in [0.15, 0.2) is 22.8 Å². The van der Waals surface area contributed by atoms with Gasteiger partial charge in [-0.2, -0.15) is 0 Å². The second-order valence-corrected chi connectivity index (χ2v) is 6.50. The molecule has 0 radical (unpaired) electrons. The molecule has 1 aromatic heterocycles. The lowest BCUT2D eigenvalue weighted by Gasteiger charge is -2.17. The Bertz CT molecular complexity index is 780. The van der Waals surface area contributed by atoms with Gasteiger partial charge >= 0.3 is 5.97 Å². The first-order valence-corrected chi connectivity index (χ1v) is 7.95. The number of benzene rings is 1. The Morgan fingerprint density at radius 2 is 2.13 bits per heavy atom. The summed E-state index contributed by atoms with van der Waals surface area (Å²) in [5.74, 6) is -2.17. The SMILES string of the molecule is Cc1ccnc(C(C)C)c1Oc1cc(Br)c(Cl)c(F)c1C(=O)O. The number of rotatable bonds is 4. The van der Waals surface area contributed by atoms with E-state index in [4.69, 9.17) is 16.3 Å². The predicted octanol–water partition coefficient (Wildman–Crippen LogP) is 5.56. The Labute approximate surface area is 146 Å². The summed E-state index contributed by atoms with van der Waals surface area (Å²) in [4.78, 5) is 15.7. The number of aromatic carboxylic acids is 1. The van der Waals surface area contributed by atoms with Crippen molar-refractivity contribution in [3.63, 3.8) is 0 Å².